The Hall–Kier alpha value is -1.68. The molecule has 1 aliphatic heterocycles. The highest BCUT2D eigenvalue weighted by Gasteiger charge is 2.48. The molecule has 51 heavy (non-hydrogen) atoms. The van der Waals surface area contributed by atoms with Crippen molar-refractivity contribution in [3.63, 3.8) is 0 Å². The summed E-state index contributed by atoms with van der Waals surface area (Å²) in [4.78, 5) is 12.7. The molecule has 0 aromatic rings. The topological polar surface area (TPSA) is 178 Å². The van der Waals surface area contributed by atoms with E-state index in [2.05, 4.69) is 54.5 Å². The molecule has 298 valence electrons. The van der Waals surface area contributed by atoms with E-state index in [9.17, 15) is 28.5 Å². The highest BCUT2D eigenvalue weighted by atomic mass is 32.3. The predicted octanol–water partition coefficient (Wildman–Crippen LogP) is 6.68. The Morgan fingerprint density at radius 1 is 0.765 bits per heavy atom. The van der Waals surface area contributed by atoms with Gasteiger partial charge in [0.1, 0.15) is 30.5 Å². The van der Waals surface area contributed by atoms with Crippen LogP contribution in [0, 0.1) is 0 Å². The zero-order valence-corrected chi connectivity index (χ0v) is 32.0. The number of aliphatic hydroxyl groups is 3. The number of aliphatic hydroxyl groups excluding tert-OH is 3. The highest BCUT2D eigenvalue weighted by molar-refractivity contribution is 7.80. The van der Waals surface area contributed by atoms with E-state index in [0.717, 1.165) is 70.6 Å². The number of hydrogen-bond acceptors (Lipinski definition) is 11. The molecule has 1 rings (SSSR count). The third kappa shape index (κ3) is 25.1. The van der Waals surface area contributed by atoms with Crippen LogP contribution in [0.5, 0.6) is 0 Å². The van der Waals surface area contributed by atoms with Crippen LogP contribution in [0.25, 0.3) is 0 Å². The van der Waals surface area contributed by atoms with Gasteiger partial charge in [-0.3, -0.25) is 9.35 Å². The molecule has 0 amide bonds. The fourth-order valence-electron chi connectivity index (χ4n) is 5.63. The maximum atomic E-state index is 12.7. The van der Waals surface area contributed by atoms with Crippen LogP contribution in [0.4, 0.5) is 0 Å². The molecule has 0 aliphatic carbocycles. The molecule has 0 saturated carbocycles. The maximum absolute atomic E-state index is 12.7. The van der Waals surface area contributed by atoms with E-state index in [1.165, 1.54) is 38.5 Å². The summed E-state index contributed by atoms with van der Waals surface area (Å²) < 4.78 is 58.7. The number of rotatable bonds is 32. The Labute approximate surface area is 307 Å². The molecule has 0 spiro atoms. The first-order valence-corrected chi connectivity index (χ1v) is 20.6. The Kier molecular flexibility index (Phi) is 28.5. The lowest BCUT2D eigenvalue weighted by Gasteiger charge is -2.41. The summed E-state index contributed by atoms with van der Waals surface area (Å²) in [6.45, 7) is 3.78. The van der Waals surface area contributed by atoms with E-state index in [1.54, 1.807) is 0 Å². The summed E-state index contributed by atoms with van der Waals surface area (Å²) in [6, 6.07) is 0. The number of allylic oxidation sites excluding steroid dienone is 6. The normalized spacial score (nSPS) is 22.0. The van der Waals surface area contributed by atoms with E-state index in [1.807, 2.05) is 0 Å². The van der Waals surface area contributed by atoms with Gasteiger partial charge in [0.05, 0.1) is 19.8 Å². The second-order valence-electron chi connectivity index (χ2n) is 13.1. The summed E-state index contributed by atoms with van der Waals surface area (Å²) in [5, 5.41) is 30.5. The van der Waals surface area contributed by atoms with Gasteiger partial charge in [-0.1, -0.05) is 121 Å². The predicted molar refractivity (Wildman–Crippen MR) is 197 cm³/mol. The van der Waals surface area contributed by atoms with Crippen molar-refractivity contribution in [2.75, 3.05) is 26.4 Å². The molecule has 0 radical (unpaired) electrons. The minimum atomic E-state index is -5.05. The van der Waals surface area contributed by atoms with Gasteiger partial charge in [0.15, 0.2) is 6.29 Å². The van der Waals surface area contributed by atoms with Gasteiger partial charge in [-0.2, -0.15) is 8.42 Å². The average Bonchev–Trinajstić information content (AvgIpc) is 3.09. The zero-order valence-electron chi connectivity index (χ0n) is 31.2. The van der Waals surface area contributed by atoms with Crippen molar-refractivity contribution in [3.8, 4) is 0 Å². The monoisotopic (exact) mass is 748 g/mol. The second kappa shape index (κ2) is 30.7. The molecular formula is C38H68O12S. The largest absolute Gasteiger partial charge is 0.457 e. The van der Waals surface area contributed by atoms with Crippen LogP contribution in [-0.4, -0.2) is 97.5 Å². The first-order chi connectivity index (χ1) is 24.6. The smallest absolute Gasteiger partial charge is 0.397 e. The molecule has 6 atom stereocenters. The Morgan fingerprint density at radius 2 is 1.35 bits per heavy atom. The number of hydrogen-bond donors (Lipinski definition) is 4. The molecule has 1 aliphatic rings. The van der Waals surface area contributed by atoms with Gasteiger partial charge in [-0.15, -0.1) is 0 Å². The van der Waals surface area contributed by atoms with Crippen molar-refractivity contribution in [2.45, 2.75) is 173 Å². The quantitative estimate of drug-likeness (QED) is 0.0249. The third-order valence-electron chi connectivity index (χ3n) is 8.53. The standard InChI is InChI=1S/C38H68O12S/c1-3-5-7-9-11-13-14-15-16-17-18-19-20-22-24-26-28-46-30-32(48-34(40)27-25-23-21-12-10-8-6-4-2)31-47-38-36(42)37(50-51(43,44)45)35(41)33(29-39)49-38/h5,7,11,13,15-16,32-33,35-39,41-42H,3-4,6,8-10,12,14,17-31H2,1-2H3,(H,43,44,45)/b7-5-,13-11-,16-15-. The lowest BCUT2D eigenvalue weighted by atomic mass is 9.99. The van der Waals surface area contributed by atoms with Gasteiger partial charge < -0.3 is 34.3 Å². The number of carbonyl (C=O) groups excluding carboxylic acids is 1. The molecule has 6 unspecified atom stereocenters. The molecular weight excluding hydrogens is 680 g/mol. The van der Waals surface area contributed by atoms with Crippen LogP contribution in [-0.2, 0) is 38.3 Å². The molecule has 1 saturated heterocycles. The van der Waals surface area contributed by atoms with Crippen LogP contribution in [0.2, 0.25) is 0 Å². The SMILES string of the molecule is CC/C=C\C/C=C\C/C=C\CCCCCCCCOCC(COC1OC(CO)C(O)C(OS(=O)(=O)O)C1O)OC(=O)CCCCCCCCCC. The summed E-state index contributed by atoms with van der Waals surface area (Å²) >= 11 is 0. The van der Waals surface area contributed by atoms with Crippen molar-refractivity contribution in [2.24, 2.45) is 0 Å². The molecule has 0 aromatic carbocycles. The minimum Gasteiger partial charge on any atom is -0.457 e. The van der Waals surface area contributed by atoms with Crippen molar-refractivity contribution in [1.29, 1.82) is 0 Å². The van der Waals surface area contributed by atoms with Crippen molar-refractivity contribution in [3.05, 3.63) is 36.5 Å². The Morgan fingerprint density at radius 3 is 1.98 bits per heavy atom. The molecule has 0 bridgehead atoms. The van der Waals surface area contributed by atoms with Crippen LogP contribution >= 0.6 is 0 Å². The van der Waals surface area contributed by atoms with Crippen molar-refractivity contribution >= 4 is 16.4 Å². The summed E-state index contributed by atoms with van der Waals surface area (Å²) in [5.41, 5.74) is 0. The van der Waals surface area contributed by atoms with Gasteiger partial charge >= 0.3 is 16.4 Å². The maximum Gasteiger partial charge on any atom is 0.397 e. The van der Waals surface area contributed by atoms with Gasteiger partial charge in [0.2, 0.25) is 0 Å². The first-order valence-electron chi connectivity index (χ1n) is 19.2. The molecule has 4 N–H and O–H groups in total. The van der Waals surface area contributed by atoms with E-state index in [4.69, 9.17) is 23.5 Å². The Bertz CT molecular complexity index is 1050. The summed E-state index contributed by atoms with van der Waals surface area (Å²) in [5.74, 6) is -0.411. The van der Waals surface area contributed by atoms with Crippen molar-refractivity contribution in [1.82, 2.24) is 0 Å². The number of esters is 1. The van der Waals surface area contributed by atoms with Crippen LogP contribution in [0.3, 0.4) is 0 Å². The van der Waals surface area contributed by atoms with Crippen LogP contribution in [0.15, 0.2) is 36.5 Å². The fraction of sp³-hybridized carbons (Fsp3) is 0.816. The molecule has 12 nitrogen and oxygen atoms in total. The lowest BCUT2D eigenvalue weighted by Crippen LogP contribution is -2.60. The molecule has 0 aromatic heterocycles. The lowest BCUT2D eigenvalue weighted by molar-refractivity contribution is -0.301. The zero-order chi connectivity index (χ0) is 37.6. The summed E-state index contributed by atoms with van der Waals surface area (Å²) in [7, 11) is -5.05. The number of carbonyl (C=O) groups is 1. The van der Waals surface area contributed by atoms with Gasteiger partial charge in [0, 0.05) is 13.0 Å². The van der Waals surface area contributed by atoms with Crippen molar-refractivity contribution < 1.29 is 56.2 Å². The minimum absolute atomic E-state index is 0.0277. The first kappa shape index (κ1) is 47.3. The van der Waals surface area contributed by atoms with E-state index >= 15 is 0 Å². The molecule has 13 heteroatoms. The second-order valence-corrected chi connectivity index (χ2v) is 14.2. The van der Waals surface area contributed by atoms with E-state index in [-0.39, 0.29) is 19.6 Å². The summed E-state index contributed by atoms with van der Waals surface area (Å²) in [6.07, 6.45) is 23.5. The third-order valence-corrected chi connectivity index (χ3v) is 8.99. The Balaban J connectivity index is 2.48. The van der Waals surface area contributed by atoms with Gasteiger partial charge in [-0.05, 0) is 44.9 Å². The highest BCUT2D eigenvalue weighted by Crippen LogP contribution is 2.26. The van der Waals surface area contributed by atoms with Gasteiger partial charge in [-0.25, -0.2) is 4.18 Å². The van der Waals surface area contributed by atoms with Gasteiger partial charge in [0.25, 0.3) is 0 Å². The number of ether oxygens (including phenoxy) is 4. The average molecular weight is 749 g/mol. The van der Waals surface area contributed by atoms with E-state index < -0.39 is 59.8 Å². The molecule has 1 heterocycles. The van der Waals surface area contributed by atoms with E-state index in [0.29, 0.717) is 13.0 Å². The fourth-order valence-corrected chi connectivity index (χ4v) is 6.13. The molecule has 1 fully saturated rings. The van der Waals surface area contributed by atoms with Crippen LogP contribution < -0.4 is 0 Å². The number of unbranched alkanes of at least 4 members (excludes halogenated alkanes) is 13. The van der Waals surface area contributed by atoms with Crippen LogP contribution in [0.1, 0.15) is 136 Å².